The molecule has 0 radical (unpaired) electrons. The summed E-state index contributed by atoms with van der Waals surface area (Å²) in [6.45, 7) is 5.17. The number of rotatable bonds is 8. The van der Waals surface area contributed by atoms with E-state index in [1.165, 1.54) is 12.1 Å². The zero-order chi connectivity index (χ0) is 20.8. The molecule has 7 heteroatoms. The van der Waals surface area contributed by atoms with Crippen molar-refractivity contribution in [3.63, 3.8) is 0 Å². The maximum absolute atomic E-state index is 13.3. The number of aromatic nitrogens is 2. The Morgan fingerprint density at radius 3 is 2.73 bits per heavy atom. The summed E-state index contributed by atoms with van der Waals surface area (Å²) in [5.74, 6) is -0.242. The summed E-state index contributed by atoms with van der Waals surface area (Å²) in [4.78, 5) is 19.5. The van der Waals surface area contributed by atoms with Crippen LogP contribution < -0.4 is 5.32 Å². The second kappa shape index (κ2) is 9.82. The third kappa shape index (κ3) is 5.04. The van der Waals surface area contributed by atoms with Crippen LogP contribution in [0.25, 0.3) is 16.9 Å². The van der Waals surface area contributed by atoms with E-state index in [2.05, 4.69) is 10.2 Å². The fourth-order valence-corrected chi connectivity index (χ4v) is 3.80. The minimum Gasteiger partial charge on any atom is -0.379 e. The number of hydrogen-bond donors (Lipinski definition) is 1. The zero-order valence-corrected chi connectivity index (χ0v) is 17.0. The van der Waals surface area contributed by atoms with Crippen LogP contribution in [0.3, 0.4) is 0 Å². The van der Waals surface area contributed by atoms with Crippen molar-refractivity contribution in [3.05, 3.63) is 60.2 Å². The molecule has 1 aromatic carbocycles. The van der Waals surface area contributed by atoms with E-state index < -0.39 is 0 Å². The molecular formula is C23H27FN4O2. The Bertz CT molecular complexity index is 981. The average molecular weight is 410 g/mol. The van der Waals surface area contributed by atoms with Gasteiger partial charge in [0, 0.05) is 37.8 Å². The Morgan fingerprint density at radius 1 is 1.13 bits per heavy atom. The molecule has 30 heavy (non-hydrogen) atoms. The highest BCUT2D eigenvalue weighted by molar-refractivity contribution is 5.76. The number of ether oxygens (including phenoxy) is 1. The molecule has 1 aliphatic heterocycles. The van der Waals surface area contributed by atoms with Crippen LogP contribution in [-0.4, -0.2) is 59.6 Å². The fraction of sp³-hybridized carbons (Fsp3) is 0.391. The number of amides is 1. The van der Waals surface area contributed by atoms with Gasteiger partial charge in [-0.05, 0) is 55.8 Å². The Morgan fingerprint density at radius 2 is 1.93 bits per heavy atom. The van der Waals surface area contributed by atoms with Crippen molar-refractivity contribution in [2.75, 3.05) is 39.4 Å². The molecule has 2 aromatic heterocycles. The van der Waals surface area contributed by atoms with Gasteiger partial charge in [0.2, 0.25) is 5.91 Å². The van der Waals surface area contributed by atoms with Crippen LogP contribution in [0.15, 0.2) is 48.7 Å². The first-order valence-electron chi connectivity index (χ1n) is 10.5. The van der Waals surface area contributed by atoms with Gasteiger partial charge >= 0.3 is 0 Å². The summed E-state index contributed by atoms with van der Waals surface area (Å²) < 4.78 is 20.7. The minimum atomic E-state index is -0.277. The highest BCUT2D eigenvalue weighted by atomic mass is 19.1. The number of carbonyl (C=O) groups is 1. The van der Waals surface area contributed by atoms with Gasteiger partial charge < -0.3 is 14.5 Å². The molecule has 0 aliphatic carbocycles. The maximum Gasteiger partial charge on any atom is 0.220 e. The third-order valence-electron chi connectivity index (χ3n) is 5.41. The molecule has 0 saturated carbocycles. The Balaban J connectivity index is 1.36. The van der Waals surface area contributed by atoms with E-state index in [1.807, 2.05) is 28.8 Å². The quantitative estimate of drug-likeness (QED) is 0.580. The molecule has 1 saturated heterocycles. The van der Waals surface area contributed by atoms with E-state index in [0.29, 0.717) is 19.4 Å². The Kier molecular flexibility index (Phi) is 6.71. The van der Waals surface area contributed by atoms with Gasteiger partial charge in [0.05, 0.1) is 24.6 Å². The summed E-state index contributed by atoms with van der Waals surface area (Å²) >= 11 is 0. The third-order valence-corrected chi connectivity index (χ3v) is 5.41. The molecule has 1 aliphatic rings. The molecule has 1 amide bonds. The molecule has 0 spiro atoms. The summed E-state index contributed by atoms with van der Waals surface area (Å²) in [6, 6.07) is 12.1. The number of pyridine rings is 1. The number of fused-ring (bicyclic) bond motifs is 1. The summed E-state index contributed by atoms with van der Waals surface area (Å²) in [7, 11) is 0. The molecule has 1 fully saturated rings. The molecule has 3 aromatic rings. The predicted molar refractivity (Wildman–Crippen MR) is 114 cm³/mol. The van der Waals surface area contributed by atoms with Crippen LogP contribution in [0.2, 0.25) is 0 Å². The second-order valence-corrected chi connectivity index (χ2v) is 7.50. The summed E-state index contributed by atoms with van der Waals surface area (Å²) in [5, 5.41) is 3.02. The van der Waals surface area contributed by atoms with Crippen LogP contribution in [-0.2, 0) is 16.0 Å². The van der Waals surface area contributed by atoms with E-state index in [-0.39, 0.29) is 11.7 Å². The number of imidazole rings is 1. The van der Waals surface area contributed by atoms with Crippen molar-refractivity contribution in [3.8, 4) is 11.3 Å². The first-order chi connectivity index (χ1) is 14.7. The van der Waals surface area contributed by atoms with Gasteiger partial charge in [-0.15, -0.1) is 0 Å². The van der Waals surface area contributed by atoms with Gasteiger partial charge in [-0.2, -0.15) is 0 Å². The van der Waals surface area contributed by atoms with Crippen molar-refractivity contribution in [1.29, 1.82) is 0 Å². The molecule has 4 rings (SSSR count). The lowest BCUT2D eigenvalue weighted by Crippen LogP contribution is -2.38. The molecule has 0 atom stereocenters. The number of nitrogens with zero attached hydrogens (tertiary/aromatic N) is 3. The number of benzene rings is 1. The van der Waals surface area contributed by atoms with Crippen LogP contribution in [0, 0.1) is 5.82 Å². The van der Waals surface area contributed by atoms with Crippen molar-refractivity contribution >= 4 is 11.6 Å². The van der Waals surface area contributed by atoms with Crippen molar-refractivity contribution in [2.45, 2.75) is 19.3 Å². The molecule has 0 bridgehead atoms. The van der Waals surface area contributed by atoms with Crippen LogP contribution in [0.5, 0.6) is 0 Å². The fourth-order valence-electron chi connectivity index (χ4n) is 3.80. The van der Waals surface area contributed by atoms with Gasteiger partial charge in [0.25, 0.3) is 0 Å². The van der Waals surface area contributed by atoms with Crippen LogP contribution >= 0.6 is 0 Å². The molecular weight excluding hydrogens is 383 g/mol. The molecule has 0 unspecified atom stereocenters. The lowest BCUT2D eigenvalue weighted by atomic mass is 10.1. The largest absolute Gasteiger partial charge is 0.379 e. The topological polar surface area (TPSA) is 58.9 Å². The summed E-state index contributed by atoms with van der Waals surface area (Å²) in [6.07, 6.45) is 3.83. The van der Waals surface area contributed by atoms with Crippen LogP contribution in [0.1, 0.15) is 18.5 Å². The number of halogens is 1. The molecule has 158 valence electrons. The predicted octanol–water partition coefficient (Wildman–Crippen LogP) is 2.91. The van der Waals surface area contributed by atoms with Gasteiger partial charge in [-0.3, -0.25) is 9.69 Å². The monoisotopic (exact) mass is 410 g/mol. The number of carbonyl (C=O) groups excluding carboxylic acids is 1. The Hall–Kier alpha value is -2.77. The molecule has 3 heterocycles. The number of hydrogen-bond acceptors (Lipinski definition) is 4. The standard InChI is InChI=1S/C23H27FN4O2/c24-19-7-5-18(6-8-19)23-20(28-13-2-1-4-21(28)26-23)9-10-22(29)25-11-3-12-27-14-16-30-17-15-27/h1-2,4-8,13H,3,9-12,14-17H2,(H,25,29). The average Bonchev–Trinajstić information content (AvgIpc) is 3.15. The smallest absolute Gasteiger partial charge is 0.220 e. The highest BCUT2D eigenvalue weighted by Gasteiger charge is 2.15. The second-order valence-electron chi connectivity index (χ2n) is 7.50. The number of morpholine rings is 1. The molecule has 6 nitrogen and oxygen atoms in total. The Labute approximate surface area is 175 Å². The molecule has 1 N–H and O–H groups in total. The lowest BCUT2D eigenvalue weighted by molar-refractivity contribution is -0.121. The van der Waals surface area contributed by atoms with Gasteiger partial charge in [-0.1, -0.05) is 6.07 Å². The van der Waals surface area contributed by atoms with Crippen molar-refractivity contribution < 1.29 is 13.9 Å². The highest BCUT2D eigenvalue weighted by Crippen LogP contribution is 2.25. The van der Waals surface area contributed by atoms with Gasteiger partial charge in [0.15, 0.2) is 0 Å². The van der Waals surface area contributed by atoms with E-state index in [0.717, 1.165) is 61.9 Å². The first-order valence-corrected chi connectivity index (χ1v) is 10.5. The zero-order valence-electron chi connectivity index (χ0n) is 17.0. The first kappa shape index (κ1) is 20.5. The van der Waals surface area contributed by atoms with Crippen molar-refractivity contribution in [1.82, 2.24) is 19.6 Å². The van der Waals surface area contributed by atoms with E-state index in [4.69, 9.17) is 9.72 Å². The number of aryl methyl sites for hydroxylation is 1. The maximum atomic E-state index is 13.3. The SMILES string of the molecule is O=C(CCc1c(-c2ccc(F)cc2)nc2ccccn12)NCCCN1CCOCC1. The summed E-state index contributed by atoms with van der Waals surface area (Å²) in [5.41, 5.74) is 3.42. The lowest BCUT2D eigenvalue weighted by Gasteiger charge is -2.26. The number of nitrogens with one attached hydrogen (secondary N) is 1. The van der Waals surface area contributed by atoms with E-state index >= 15 is 0 Å². The van der Waals surface area contributed by atoms with Gasteiger partial charge in [0.1, 0.15) is 11.5 Å². The minimum absolute atomic E-state index is 0.0351. The van der Waals surface area contributed by atoms with E-state index in [9.17, 15) is 9.18 Å². The normalized spacial score (nSPS) is 14.8. The van der Waals surface area contributed by atoms with Crippen molar-refractivity contribution in [2.24, 2.45) is 0 Å². The van der Waals surface area contributed by atoms with Crippen LogP contribution in [0.4, 0.5) is 4.39 Å². The van der Waals surface area contributed by atoms with E-state index in [1.54, 1.807) is 12.1 Å². The van der Waals surface area contributed by atoms with Gasteiger partial charge in [-0.25, -0.2) is 9.37 Å².